The van der Waals surface area contributed by atoms with E-state index >= 15 is 0 Å². The predicted molar refractivity (Wildman–Crippen MR) is 147 cm³/mol. The molecule has 37 heavy (non-hydrogen) atoms. The molecule has 0 radical (unpaired) electrons. The lowest BCUT2D eigenvalue weighted by Crippen LogP contribution is -2.50. The normalized spacial score (nSPS) is 11.7. The number of nitrogens with one attached hydrogen (secondary N) is 2. The third-order valence-corrected chi connectivity index (χ3v) is 8.01. The molecule has 9 heteroatoms. The molecule has 0 aliphatic heterocycles. The topological polar surface area (TPSA) is 102 Å². The zero-order chi connectivity index (χ0) is 27.7. The molecule has 0 unspecified atom stereocenters. The van der Waals surface area contributed by atoms with Crippen LogP contribution in [0.15, 0.2) is 53.4 Å². The molecule has 0 aromatic heterocycles. The van der Waals surface area contributed by atoms with E-state index in [0.29, 0.717) is 38.5 Å². The summed E-state index contributed by atoms with van der Waals surface area (Å²) in [5, 5.41) is 3.24. The lowest BCUT2D eigenvalue weighted by molar-refractivity contribution is -0.146. The Labute approximate surface area is 223 Å². The molecule has 0 spiro atoms. The number of methoxy groups -OCH3 is 1. The number of esters is 1. The van der Waals surface area contributed by atoms with Crippen molar-refractivity contribution in [2.24, 2.45) is 0 Å². The van der Waals surface area contributed by atoms with Gasteiger partial charge in [0.25, 0.3) is 15.9 Å². The van der Waals surface area contributed by atoms with Crippen molar-refractivity contribution in [3.63, 3.8) is 0 Å². The number of sulfonamides is 1. The Bertz CT molecular complexity index is 1470. The van der Waals surface area contributed by atoms with Gasteiger partial charge < -0.3 is 10.1 Å². The van der Waals surface area contributed by atoms with Crippen molar-refractivity contribution in [3.05, 3.63) is 81.4 Å². The number of carbonyl (C=O) groups excluding carboxylic acids is 2. The summed E-state index contributed by atoms with van der Waals surface area (Å²) in [6, 6.07) is 13.9. The monoisotopic (exact) mass is 542 g/mol. The van der Waals surface area contributed by atoms with Crippen molar-refractivity contribution in [1.82, 2.24) is 5.32 Å². The minimum atomic E-state index is -3.84. The van der Waals surface area contributed by atoms with Crippen molar-refractivity contribution in [2.45, 2.75) is 52.0 Å². The van der Waals surface area contributed by atoms with Crippen LogP contribution in [0.1, 0.15) is 46.5 Å². The van der Waals surface area contributed by atoms with E-state index in [2.05, 4.69) is 10.0 Å². The van der Waals surface area contributed by atoms with Crippen LogP contribution in [-0.2, 0) is 19.6 Å². The lowest BCUT2D eigenvalue weighted by Gasteiger charge is -2.24. The summed E-state index contributed by atoms with van der Waals surface area (Å²) in [7, 11) is -2.57. The van der Waals surface area contributed by atoms with E-state index < -0.39 is 21.5 Å². The zero-order valence-electron chi connectivity index (χ0n) is 21.9. The Balaban J connectivity index is 1.92. The highest BCUT2D eigenvalue weighted by Crippen LogP contribution is 2.30. The fraction of sp³-hybridized carbons (Fsp3) is 0.286. The van der Waals surface area contributed by atoms with Crippen molar-refractivity contribution < 1.29 is 22.7 Å². The molecule has 2 N–H and O–H groups in total. The standard InChI is InChI=1S/C28H31ClN2O5S/c1-16-14-24(17(2)13-23(16)29)37(34,35)31-22-10-8-9-20(15-22)21-11-18(3)25(19(4)12-21)26(32)30-28(5,6)27(33)36-7/h8-15,31H,1-7H3,(H,30,32). The van der Waals surface area contributed by atoms with Crippen LogP contribution < -0.4 is 10.0 Å². The molecular weight excluding hydrogens is 512 g/mol. The van der Waals surface area contributed by atoms with Crippen molar-refractivity contribution in [2.75, 3.05) is 11.8 Å². The molecule has 0 aliphatic rings. The maximum Gasteiger partial charge on any atom is 0.330 e. The van der Waals surface area contributed by atoms with Crippen LogP contribution in [0.5, 0.6) is 0 Å². The molecule has 0 aliphatic carbocycles. The highest BCUT2D eigenvalue weighted by Gasteiger charge is 2.31. The summed E-state index contributed by atoms with van der Waals surface area (Å²) >= 11 is 6.13. The SMILES string of the molecule is COC(=O)C(C)(C)NC(=O)c1c(C)cc(-c2cccc(NS(=O)(=O)c3cc(C)c(Cl)cc3C)c2)cc1C. The van der Waals surface area contributed by atoms with Gasteiger partial charge in [-0.3, -0.25) is 9.52 Å². The van der Waals surface area contributed by atoms with E-state index in [1.54, 1.807) is 58.0 Å². The molecule has 0 saturated heterocycles. The largest absolute Gasteiger partial charge is 0.467 e. The number of hydrogen-bond acceptors (Lipinski definition) is 5. The van der Waals surface area contributed by atoms with Crippen LogP contribution >= 0.6 is 11.6 Å². The van der Waals surface area contributed by atoms with E-state index in [0.717, 1.165) is 11.1 Å². The number of amides is 1. The average molecular weight is 543 g/mol. The maximum absolute atomic E-state index is 13.1. The highest BCUT2D eigenvalue weighted by molar-refractivity contribution is 7.92. The van der Waals surface area contributed by atoms with Gasteiger partial charge in [0.05, 0.1) is 12.0 Å². The van der Waals surface area contributed by atoms with E-state index in [9.17, 15) is 18.0 Å². The van der Waals surface area contributed by atoms with Crippen molar-refractivity contribution in [3.8, 4) is 11.1 Å². The van der Waals surface area contributed by atoms with Gasteiger partial charge in [0, 0.05) is 16.3 Å². The van der Waals surface area contributed by atoms with Gasteiger partial charge in [0.15, 0.2) is 0 Å². The van der Waals surface area contributed by atoms with Crippen LogP contribution in [-0.4, -0.2) is 32.9 Å². The van der Waals surface area contributed by atoms with Gasteiger partial charge in [0.1, 0.15) is 5.54 Å². The predicted octanol–water partition coefficient (Wildman–Crippen LogP) is 5.72. The minimum Gasteiger partial charge on any atom is -0.467 e. The quantitative estimate of drug-likeness (QED) is 0.372. The smallest absolute Gasteiger partial charge is 0.330 e. The average Bonchev–Trinajstić information content (AvgIpc) is 2.79. The van der Waals surface area contributed by atoms with Crippen LogP contribution in [0, 0.1) is 27.7 Å². The Hall–Kier alpha value is -3.36. The van der Waals surface area contributed by atoms with E-state index in [1.165, 1.54) is 7.11 Å². The Morgan fingerprint density at radius 3 is 2.08 bits per heavy atom. The third-order valence-electron chi connectivity index (χ3n) is 6.08. The molecule has 1 amide bonds. The summed E-state index contributed by atoms with van der Waals surface area (Å²) < 4.78 is 33.7. The lowest BCUT2D eigenvalue weighted by atomic mass is 9.94. The molecule has 196 valence electrons. The first-order chi connectivity index (χ1) is 17.2. The number of rotatable bonds is 7. The second kappa shape index (κ2) is 10.6. The molecule has 7 nitrogen and oxygen atoms in total. The first kappa shape index (κ1) is 28.2. The minimum absolute atomic E-state index is 0.164. The molecule has 3 rings (SSSR count). The summed E-state index contributed by atoms with van der Waals surface area (Å²) in [5.41, 5.74) is 3.93. The van der Waals surface area contributed by atoms with Crippen molar-refractivity contribution in [1.29, 1.82) is 0 Å². The van der Waals surface area contributed by atoms with Crippen molar-refractivity contribution >= 4 is 39.2 Å². The maximum atomic E-state index is 13.1. The van der Waals surface area contributed by atoms with Crippen LogP contribution in [0.2, 0.25) is 5.02 Å². The molecule has 0 heterocycles. The molecule has 0 fully saturated rings. The number of benzene rings is 3. The van der Waals surface area contributed by atoms with Gasteiger partial charge in [0.2, 0.25) is 0 Å². The molecule has 0 atom stereocenters. The van der Waals surface area contributed by atoms with Gasteiger partial charge in [-0.05, 0) is 99.2 Å². The second-order valence-corrected chi connectivity index (χ2v) is 11.7. The number of carbonyl (C=O) groups is 2. The van der Waals surface area contributed by atoms with Gasteiger partial charge in [-0.25, -0.2) is 13.2 Å². The number of ether oxygens (including phenoxy) is 1. The number of halogens is 1. The van der Waals surface area contributed by atoms with E-state index in [4.69, 9.17) is 16.3 Å². The summed E-state index contributed by atoms with van der Waals surface area (Å²) in [6.07, 6.45) is 0. The third kappa shape index (κ3) is 6.14. The molecule has 0 saturated carbocycles. The summed E-state index contributed by atoms with van der Waals surface area (Å²) in [4.78, 5) is 25.1. The molecular formula is C28H31ClN2O5S. The first-order valence-corrected chi connectivity index (χ1v) is 13.4. The Kier molecular flexibility index (Phi) is 8.05. The van der Waals surface area contributed by atoms with Crippen LogP contribution in [0.3, 0.4) is 0 Å². The summed E-state index contributed by atoms with van der Waals surface area (Å²) in [6.45, 7) is 10.2. The van der Waals surface area contributed by atoms with Crippen LogP contribution in [0.25, 0.3) is 11.1 Å². The highest BCUT2D eigenvalue weighted by atomic mass is 35.5. The first-order valence-electron chi connectivity index (χ1n) is 11.6. The fourth-order valence-corrected chi connectivity index (χ4v) is 5.74. The molecule has 3 aromatic rings. The number of aryl methyl sites for hydroxylation is 4. The Morgan fingerprint density at radius 1 is 0.865 bits per heavy atom. The molecule has 0 bridgehead atoms. The summed E-state index contributed by atoms with van der Waals surface area (Å²) in [5.74, 6) is -0.928. The van der Waals surface area contributed by atoms with Crippen LogP contribution in [0.4, 0.5) is 5.69 Å². The fourth-order valence-electron chi connectivity index (χ4n) is 4.16. The van der Waals surface area contributed by atoms with E-state index in [1.807, 2.05) is 32.0 Å². The number of anilines is 1. The van der Waals surface area contributed by atoms with Gasteiger partial charge >= 0.3 is 5.97 Å². The van der Waals surface area contributed by atoms with E-state index in [-0.39, 0.29) is 10.8 Å². The van der Waals surface area contributed by atoms with Gasteiger partial charge in [-0.1, -0.05) is 35.9 Å². The Morgan fingerprint density at radius 2 is 1.49 bits per heavy atom. The zero-order valence-corrected chi connectivity index (χ0v) is 23.5. The number of hydrogen-bond donors (Lipinski definition) is 2. The molecule has 3 aromatic carbocycles. The van der Waals surface area contributed by atoms with Gasteiger partial charge in [-0.15, -0.1) is 0 Å². The second-order valence-electron chi connectivity index (χ2n) is 9.61. The van der Waals surface area contributed by atoms with Gasteiger partial charge in [-0.2, -0.15) is 0 Å².